The Balaban J connectivity index is 2.37. The number of ether oxygens (including phenoxy) is 2. The number of unbranched alkanes of at least 4 members (excludes halogenated alkanes) is 31. The molecule has 1 heterocycles. The van der Waals surface area contributed by atoms with Crippen LogP contribution in [0.4, 0.5) is 0 Å². The minimum absolute atomic E-state index is 0.255. The Morgan fingerprint density at radius 2 is 0.921 bits per heavy atom. The lowest BCUT2D eigenvalue weighted by Crippen LogP contribution is -2.60. The third-order valence-electron chi connectivity index (χ3n) is 13.1. The fraction of sp³-hybridized carbons (Fsp3) is 0.942. The van der Waals surface area contributed by atoms with Crippen LogP contribution in [0.15, 0.2) is 12.2 Å². The molecule has 0 spiro atoms. The van der Waals surface area contributed by atoms with Crippen molar-refractivity contribution in [2.45, 2.75) is 300 Å². The molecule has 63 heavy (non-hydrogen) atoms. The maximum Gasteiger partial charge on any atom is 0.249 e. The maximum absolute atomic E-state index is 13.1. The number of aliphatic hydroxyl groups is 7. The van der Waals surface area contributed by atoms with Crippen molar-refractivity contribution in [3.63, 3.8) is 0 Å². The SMILES string of the molecule is CCCCCCCC/C=C\CCCCCCCCC(O)C(=O)NC(COC1OC(CO)C(O)C(O)C1O)C(O)C(O)CCCCCCCCCCCCCCCCCCCCCC. The van der Waals surface area contributed by atoms with E-state index in [4.69, 9.17) is 9.47 Å². The summed E-state index contributed by atoms with van der Waals surface area (Å²) in [5.41, 5.74) is 0. The molecule has 0 saturated carbocycles. The van der Waals surface area contributed by atoms with Crippen LogP contribution in [0.25, 0.3) is 0 Å². The average Bonchev–Trinajstić information content (AvgIpc) is 3.28. The first-order chi connectivity index (χ1) is 30.7. The zero-order chi connectivity index (χ0) is 46.2. The molecule has 1 saturated heterocycles. The normalized spacial score (nSPS) is 21.2. The van der Waals surface area contributed by atoms with Crippen LogP contribution in [0, 0.1) is 0 Å². The summed E-state index contributed by atoms with van der Waals surface area (Å²) in [5, 5.41) is 76.0. The first kappa shape index (κ1) is 59.9. The zero-order valence-corrected chi connectivity index (χ0v) is 40.6. The monoisotopic (exact) mass is 900 g/mol. The van der Waals surface area contributed by atoms with E-state index >= 15 is 0 Å². The van der Waals surface area contributed by atoms with Crippen LogP contribution in [-0.4, -0.2) is 110 Å². The van der Waals surface area contributed by atoms with Gasteiger partial charge in [-0.25, -0.2) is 0 Å². The van der Waals surface area contributed by atoms with E-state index in [9.17, 15) is 40.5 Å². The van der Waals surface area contributed by atoms with Gasteiger partial charge in [0.1, 0.15) is 36.6 Å². The van der Waals surface area contributed by atoms with Gasteiger partial charge in [-0.3, -0.25) is 4.79 Å². The van der Waals surface area contributed by atoms with Crippen LogP contribution >= 0.6 is 0 Å². The van der Waals surface area contributed by atoms with Gasteiger partial charge in [0.2, 0.25) is 5.91 Å². The number of nitrogens with one attached hydrogen (secondary N) is 1. The zero-order valence-electron chi connectivity index (χ0n) is 40.6. The number of carbonyl (C=O) groups is 1. The molecule has 374 valence electrons. The molecule has 0 bridgehead atoms. The first-order valence-electron chi connectivity index (χ1n) is 26.6. The number of hydrogen-bond donors (Lipinski definition) is 8. The lowest BCUT2D eigenvalue weighted by molar-refractivity contribution is -0.303. The smallest absolute Gasteiger partial charge is 0.249 e. The molecular weight excluding hydrogens is 799 g/mol. The Kier molecular flexibility index (Phi) is 40.1. The van der Waals surface area contributed by atoms with Gasteiger partial charge in [0.25, 0.3) is 0 Å². The van der Waals surface area contributed by atoms with Gasteiger partial charge in [0.05, 0.1) is 25.4 Å². The Hall–Kier alpha value is -1.15. The molecule has 8 N–H and O–H groups in total. The molecule has 1 aliphatic heterocycles. The van der Waals surface area contributed by atoms with Gasteiger partial charge in [-0.15, -0.1) is 0 Å². The number of allylic oxidation sites excluding steroid dienone is 2. The number of rotatable bonds is 45. The summed E-state index contributed by atoms with van der Waals surface area (Å²) in [5.74, 6) is -0.699. The summed E-state index contributed by atoms with van der Waals surface area (Å²) < 4.78 is 11.1. The predicted molar refractivity (Wildman–Crippen MR) is 256 cm³/mol. The Morgan fingerprint density at radius 3 is 1.33 bits per heavy atom. The van der Waals surface area contributed by atoms with Gasteiger partial charge in [-0.2, -0.15) is 0 Å². The van der Waals surface area contributed by atoms with Gasteiger partial charge < -0.3 is 50.5 Å². The number of amides is 1. The summed E-state index contributed by atoms with van der Waals surface area (Å²) >= 11 is 0. The average molecular weight is 900 g/mol. The highest BCUT2D eigenvalue weighted by Crippen LogP contribution is 2.23. The minimum atomic E-state index is -1.66. The van der Waals surface area contributed by atoms with E-state index in [0.717, 1.165) is 51.4 Å². The van der Waals surface area contributed by atoms with Crippen LogP contribution in [-0.2, 0) is 14.3 Å². The van der Waals surface area contributed by atoms with Crippen molar-refractivity contribution in [2.75, 3.05) is 13.2 Å². The topological polar surface area (TPSA) is 189 Å². The largest absolute Gasteiger partial charge is 0.394 e. The van der Waals surface area contributed by atoms with Crippen molar-refractivity contribution in [1.82, 2.24) is 5.32 Å². The second kappa shape index (κ2) is 42.2. The fourth-order valence-corrected chi connectivity index (χ4v) is 8.67. The summed E-state index contributed by atoms with van der Waals surface area (Å²) in [6.45, 7) is 3.46. The molecule has 0 aromatic heterocycles. The van der Waals surface area contributed by atoms with E-state index in [1.54, 1.807) is 0 Å². The highest BCUT2D eigenvalue weighted by molar-refractivity contribution is 5.80. The molecule has 11 heteroatoms. The fourth-order valence-electron chi connectivity index (χ4n) is 8.67. The van der Waals surface area contributed by atoms with Crippen molar-refractivity contribution >= 4 is 5.91 Å². The van der Waals surface area contributed by atoms with E-state index in [1.807, 2.05) is 0 Å². The lowest BCUT2D eigenvalue weighted by Gasteiger charge is -2.40. The van der Waals surface area contributed by atoms with Gasteiger partial charge in [-0.05, 0) is 38.5 Å². The van der Waals surface area contributed by atoms with Crippen molar-refractivity contribution in [1.29, 1.82) is 0 Å². The van der Waals surface area contributed by atoms with Gasteiger partial charge in [0.15, 0.2) is 6.29 Å². The van der Waals surface area contributed by atoms with Gasteiger partial charge in [-0.1, -0.05) is 219 Å². The summed E-state index contributed by atoms with van der Waals surface area (Å²) in [4.78, 5) is 13.1. The molecule has 0 radical (unpaired) electrons. The molecule has 1 fully saturated rings. The van der Waals surface area contributed by atoms with E-state index < -0.39 is 74.2 Å². The van der Waals surface area contributed by atoms with Crippen LogP contribution < -0.4 is 5.32 Å². The van der Waals surface area contributed by atoms with E-state index in [0.29, 0.717) is 19.3 Å². The molecule has 0 aliphatic carbocycles. The number of carbonyl (C=O) groups excluding carboxylic acids is 1. The Labute approximate surface area is 385 Å². The molecule has 9 unspecified atom stereocenters. The van der Waals surface area contributed by atoms with Crippen molar-refractivity contribution in [3.05, 3.63) is 12.2 Å². The van der Waals surface area contributed by atoms with Crippen LogP contribution in [0.3, 0.4) is 0 Å². The highest BCUT2D eigenvalue weighted by Gasteiger charge is 2.44. The quantitative estimate of drug-likeness (QED) is 0.0216. The molecule has 1 rings (SSSR count). The molecular formula is C52H101NO10. The second-order valence-corrected chi connectivity index (χ2v) is 19.0. The third-order valence-corrected chi connectivity index (χ3v) is 13.1. The molecule has 1 aliphatic rings. The van der Waals surface area contributed by atoms with Crippen LogP contribution in [0.1, 0.15) is 245 Å². The minimum Gasteiger partial charge on any atom is -0.394 e. The van der Waals surface area contributed by atoms with E-state index in [2.05, 4.69) is 31.3 Å². The van der Waals surface area contributed by atoms with E-state index in [-0.39, 0.29) is 6.42 Å². The maximum atomic E-state index is 13.1. The summed E-state index contributed by atoms with van der Waals surface area (Å²) in [7, 11) is 0. The van der Waals surface area contributed by atoms with E-state index in [1.165, 1.54) is 154 Å². The molecule has 0 aromatic carbocycles. The van der Waals surface area contributed by atoms with Gasteiger partial charge >= 0.3 is 0 Å². The van der Waals surface area contributed by atoms with Crippen molar-refractivity contribution in [2.24, 2.45) is 0 Å². The Bertz CT molecular complexity index is 1030. The first-order valence-corrected chi connectivity index (χ1v) is 26.6. The van der Waals surface area contributed by atoms with Crippen molar-refractivity contribution < 1.29 is 50.0 Å². The third kappa shape index (κ3) is 31.5. The standard InChI is InChI=1S/C52H101NO10/c1-3-5-7-9-11-13-15-17-19-21-22-23-24-26-27-29-31-33-35-37-39-44(55)47(57)43(42-62-52-50(60)49(59)48(58)46(41-54)63-52)53-51(61)45(56)40-38-36-34-32-30-28-25-20-18-16-14-12-10-8-6-4-2/h18,20,43-50,52,54-60H,3-17,19,21-42H2,1-2H3,(H,53,61)/b20-18-. The highest BCUT2D eigenvalue weighted by atomic mass is 16.7. The van der Waals surface area contributed by atoms with Gasteiger partial charge in [0, 0.05) is 0 Å². The molecule has 9 atom stereocenters. The molecule has 1 amide bonds. The molecule has 0 aromatic rings. The van der Waals surface area contributed by atoms with Crippen molar-refractivity contribution in [3.8, 4) is 0 Å². The Morgan fingerprint density at radius 1 is 0.540 bits per heavy atom. The second-order valence-electron chi connectivity index (χ2n) is 19.0. The van der Waals surface area contributed by atoms with Crippen LogP contribution in [0.5, 0.6) is 0 Å². The number of hydrogen-bond acceptors (Lipinski definition) is 10. The summed E-state index contributed by atoms with van der Waals surface area (Å²) in [6.07, 6.45) is 35.4. The van der Waals surface area contributed by atoms with Crippen LogP contribution in [0.2, 0.25) is 0 Å². The number of aliphatic hydroxyl groups excluding tert-OH is 7. The molecule has 11 nitrogen and oxygen atoms in total. The predicted octanol–water partition coefficient (Wildman–Crippen LogP) is 10.0. The lowest BCUT2D eigenvalue weighted by atomic mass is 9.98. The summed E-state index contributed by atoms with van der Waals surface area (Å²) in [6, 6.07) is -1.17.